The zero-order chi connectivity index (χ0) is 18.6. The van der Waals surface area contributed by atoms with E-state index in [1.165, 1.54) is 11.8 Å². The first-order valence-electron chi connectivity index (χ1n) is 8.21. The standard InChI is InChI=1S/C18H22BrNO3S2/c1-5-22-14-8-12(7-13(19)16(14)23-6-2)9-15-17(21)20(10-11(3)4)18(24)25-15/h7-9,11H,5-6,10H2,1-4H3. The molecule has 0 radical (unpaired) electrons. The molecule has 1 aromatic carbocycles. The van der Waals surface area contributed by atoms with Crippen molar-refractivity contribution in [2.24, 2.45) is 5.92 Å². The Bertz CT molecular complexity index is 704. The largest absolute Gasteiger partial charge is 0.490 e. The lowest BCUT2D eigenvalue weighted by molar-refractivity contribution is -0.122. The molecule has 0 atom stereocenters. The van der Waals surface area contributed by atoms with Gasteiger partial charge in [-0.3, -0.25) is 9.69 Å². The topological polar surface area (TPSA) is 38.8 Å². The molecule has 0 aromatic heterocycles. The Morgan fingerprint density at radius 2 is 1.96 bits per heavy atom. The van der Waals surface area contributed by atoms with Crippen LogP contribution >= 0.6 is 39.9 Å². The van der Waals surface area contributed by atoms with Crippen LogP contribution in [0, 0.1) is 5.92 Å². The van der Waals surface area contributed by atoms with Crippen molar-refractivity contribution in [1.82, 2.24) is 4.90 Å². The molecule has 25 heavy (non-hydrogen) atoms. The minimum atomic E-state index is -0.0355. The van der Waals surface area contributed by atoms with Gasteiger partial charge in [-0.15, -0.1) is 0 Å². The molecule has 4 nitrogen and oxygen atoms in total. The van der Waals surface area contributed by atoms with Crippen molar-refractivity contribution >= 4 is 56.2 Å². The summed E-state index contributed by atoms with van der Waals surface area (Å²) in [4.78, 5) is 14.9. The van der Waals surface area contributed by atoms with Crippen LogP contribution in [0.3, 0.4) is 0 Å². The first kappa shape index (κ1) is 20.3. The van der Waals surface area contributed by atoms with Crippen LogP contribution in [0.2, 0.25) is 0 Å². The van der Waals surface area contributed by atoms with E-state index in [-0.39, 0.29) is 5.91 Å². The molecule has 1 amide bonds. The maximum absolute atomic E-state index is 12.6. The number of amides is 1. The van der Waals surface area contributed by atoms with Crippen molar-refractivity contribution < 1.29 is 14.3 Å². The number of thiocarbonyl (C=S) groups is 1. The first-order valence-corrected chi connectivity index (χ1v) is 10.2. The van der Waals surface area contributed by atoms with Crippen LogP contribution in [0.1, 0.15) is 33.3 Å². The molecule has 1 heterocycles. The van der Waals surface area contributed by atoms with Gasteiger partial charge in [-0.05, 0) is 59.5 Å². The van der Waals surface area contributed by atoms with Crippen LogP contribution in [0.25, 0.3) is 6.08 Å². The van der Waals surface area contributed by atoms with Crippen LogP contribution in [0.15, 0.2) is 21.5 Å². The third kappa shape index (κ3) is 4.99. The Labute approximate surface area is 167 Å². The molecule has 0 unspecified atom stereocenters. The molecule has 7 heteroatoms. The van der Waals surface area contributed by atoms with Crippen molar-refractivity contribution in [1.29, 1.82) is 0 Å². The third-order valence-electron chi connectivity index (χ3n) is 3.34. The second-order valence-corrected chi connectivity index (χ2v) is 8.41. The number of halogens is 1. The SMILES string of the molecule is CCOc1cc(C=C2SC(=S)N(CC(C)C)C2=O)cc(Br)c1OCC. The molecule has 0 spiro atoms. The van der Waals surface area contributed by atoms with Crippen LogP contribution in [0.5, 0.6) is 11.5 Å². The van der Waals surface area contributed by atoms with Crippen molar-refractivity contribution in [3.05, 3.63) is 27.1 Å². The number of rotatable bonds is 7. The molecule has 2 rings (SSSR count). The summed E-state index contributed by atoms with van der Waals surface area (Å²) in [6.07, 6.45) is 1.85. The van der Waals surface area contributed by atoms with Crippen molar-refractivity contribution in [2.75, 3.05) is 19.8 Å². The second kappa shape index (κ2) is 9.05. The highest BCUT2D eigenvalue weighted by atomic mass is 79.9. The average molecular weight is 444 g/mol. The number of hydrogen-bond donors (Lipinski definition) is 0. The molecule has 1 aliphatic heterocycles. The van der Waals surface area contributed by atoms with Crippen molar-refractivity contribution in [2.45, 2.75) is 27.7 Å². The molecular weight excluding hydrogens is 422 g/mol. The summed E-state index contributed by atoms with van der Waals surface area (Å²) in [5, 5.41) is 0. The predicted molar refractivity (Wildman–Crippen MR) is 111 cm³/mol. The molecule has 1 fully saturated rings. The van der Waals surface area contributed by atoms with E-state index < -0.39 is 0 Å². The highest BCUT2D eigenvalue weighted by Crippen LogP contribution is 2.39. The van der Waals surface area contributed by atoms with Crippen LogP contribution < -0.4 is 9.47 Å². The average Bonchev–Trinajstić information content (AvgIpc) is 2.78. The van der Waals surface area contributed by atoms with Gasteiger partial charge in [0, 0.05) is 6.54 Å². The van der Waals surface area contributed by atoms with E-state index in [0.717, 1.165) is 10.0 Å². The number of ether oxygens (including phenoxy) is 2. The van der Waals surface area contributed by atoms with E-state index in [1.807, 2.05) is 32.1 Å². The maximum atomic E-state index is 12.6. The lowest BCUT2D eigenvalue weighted by atomic mass is 10.1. The number of carbonyl (C=O) groups excluding carboxylic acids is 1. The quantitative estimate of drug-likeness (QED) is 0.432. The fourth-order valence-corrected chi connectivity index (χ4v) is 4.24. The van der Waals surface area contributed by atoms with Gasteiger partial charge in [-0.25, -0.2) is 0 Å². The molecule has 1 saturated heterocycles. The fraction of sp³-hybridized carbons (Fsp3) is 0.444. The first-order chi connectivity index (χ1) is 11.9. The van der Waals surface area contributed by atoms with Crippen molar-refractivity contribution in [3.8, 4) is 11.5 Å². The molecular formula is C18H22BrNO3S2. The van der Waals surface area contributed by atoms with E-state index in [1.54, 1.807) is 4.90 Å². The molecule has 0 bridgehead atoms. The van der Waals surface area contributed by atoms with Gasteiger partial charge in [0.15, 0.2) is 11.5 Å². The highest BCUT2D eigenvalue weighted by Gasteiger charge is 2.32. The summed E-state index contributed by atoms with van der Waals surface area (Å²) in [6, 6.07) is 3.80. The Balaban J connectivity index is 2.34. The minimum absolute atomic E-state index is 0.0355. The highest BCUT2D eigenvalue weighted by molar-refractivity contribution is 9.10. The molecule has 0 saturated carbocycles. The summed E-state index contributed by atoms with van der Waals surface area (Å²) in [5.41, 5.74) is 0.865. The second-order valence-electron chi connectivity index (χ2n) is 5.88. The van der Waals surface area contributed by atoms with Crippen molar-refractivity contribution in [3.63, 3.8) is 0 Å². The summed E-state index contributed by atoms with van der Waals surface area (Å²) in [7, 11) is 0. The van der Waals surface area contributed by atoms with Gasteiger partial charge < -0.3 is 9.47 Å². The third-order valence-corrected chi connectivity index (χ3v) is 5.31. The molecule has 1 aromatic rings. The zero-order valence-corrected chi connectivity index (χ0v) is 18.0. The summed E-state index contributed by atoms with van der Waals surface area (Å²) >= 11 is 10.2. The Hall–Kier alpha value is -1.05. The van der Waals surface area contributed by atoms with E-state index in [2.05, 4.69) is 29.8 Å². The van der Waals surface area contributed by atoms with Gasteiger partial charge in [-0.2, -0.15) is 0 Å². The van der Waals surface area contributed by atoms with E-state index >= 15 is 0 Å². The molecule has 0 aliphatic carbocycles. The Morgan fingerprint density at radius 3 is 2.56 bits per heavy atom. The number of benzene rings is 1. The van der Waals surface area contributed by atoms with Gasteiger partial charge in [0.05, 0.1) is 22.6 Å². The van der Waals surface area contributed by atoms with E-state index in [4.69, 9.17) is 21.7 Å². The Morgan fingerprint density at radius 1 is 1.28 bits per heavy atom. The molecule has 0 N–H and O–H groups in total. The molecule has 1 aliphatic rings. The van der Waals surface area contributed by atoms with Gasteiger partial charge in [-0.1, -0.05) is 37.8 Å². The van der Waals surface area contributed by atoms with E-state index in [0.29, 0.717) is 46.4 Å². The normalized spacial score (nSPS) is 16.2. The number of nitrogens with zero attached hydrogens (tertiary/aromatic N) is 1. The van der Waals surface area contributed by atoms with Crippen LogP contribution in [-0.4, -0.2) is 34.9 Å². The van der Waals surface area contributed by atoms with Gasteiger partial charge in [0.2, 0.25) is 0 Å². The monoisotopic (exact) mass is 443 g/mol. The predicted octanol–water partition coefficient (Wildman–Crippen LogP) is 5.10. The van der Waals surface area contributed by atoms with Crippen LogP contribution in [0.4, 0.5) is 0 Å². The Kier molecular flexibility index (Phi) is 7.34. The van der Waals surface area contributed by atoms with Crippen LogP contribution in [-0.2, 0) is 4.79 Å². The molecule has 136 valence electrons. The minimum Gasteiger partial charge on any atom is -0.490 e. The lowest BCUT2D eigenvalue weighted by Gasteiger charge is -2.16. The number of thioether (sulfide) groups is 1. The summed E-state index contributed by atoms with van der Waals surface area (Å²) < 4.78 is 12.7. The fourth-order valence-electron chi connectivity index (χ4n) is 2.39. The number of hydrogen-bond acceptors (Lipinski definition) is 5. The van der Waals surface area contributed by atoms with Gasteiger partial charge >= 0.3 is 0 Å². The summed E-state index contributed by atoms with van der Waals surface area (Å²) in [5.74, 6) is 1.66. The zero-order valence-electron chi connectivity index (χ0n) is 14.8. The maximum Gasteiger partial charge on any atom is 0.266 e. The van der Waals surface area contributed by atoms with Gasteiger partial charge in [0.25, 0.3) is 5.91 Å². The number of carbonyl (C=O) groups is 1. The summed E-state index contributed by atoms with van der Waals surface area (Å²) in [6.45, 7) is 9.71. The van der Waals surface area contributed by atoms with Gasteiger partial charge in [0.1, 0.15) is 4.32 Å². The lowest BCUT2D eigenvalue weighted by Crippen LogP contribution is -2.31. The smallest absolute Gasteiger partial charge is 0.266 e. The van der Waals surface area contributed by atoms with E-state index in [9.17, 15) is 4.79 Å².